The summed E-state index contributed by atoms with van der Waals surface area (Å²) in [5, 5.41) is 6.66. The van der Waals surface area contributed by atoms with Crippen LogP contribution in [0.5, 0.6) is 23.0 Å². The van der Waals surface area contributed by atoms with Crippen LogP contribution in [-0.2, 0) is 13.1 Å². The summed E-state index contributed by atoms with van der Waals surface area (Å²) in [5.74, 6) is 3.38. The molecule has 2 aromatic rings. The second kappa shape index (κ2) is 15.4. The van der Waals surface area contributed by atoms with Gasteiger partial charge >= 0.3 is 0 Å². The molecule has 0 saturated heterocycles. The first kappa shape index (κ1) is 28.6. The van der Waals surface area contributed by atoms with Crippen molar-refractivity contribution in [2.45, 2.75) is 20.0 Å². The molecule has 33 heavy (non-hydrogen) atoms. The molecule has 0 atom stereocenters. The third-order valence-electron chi connectivity index (χ3n) is 4.65. The van der Waals surface area contributed by atoms with Crippen molar-refractivity contribution in [2.24, 2.45) is 4.99 Å². The van der Waals surface area contributed by atoms with Gasteiger partial charge in [-0.25, -0.2) is 4.99 Å². The molecule has 0 bridgehead atoms. The fourth-order valence-corrected chi connectivity index (χ4v) is 3.02. The Bertz CT molecular complexity index is 852. The number of hydrogen-bond acceptors (Lipinski definition) is 6. The van der Waals surface area contributed by atoms with E-state index in [9.17, 15) is 0 Å². The molecule has 0 aliphatic rings. The zero-order valence-corrected chi connectivity index (χ0v) is 22.8. The summed E-state index contributed by atoms with van der Waals surface area (Å²) < 4.78 is 22.1. The molecular weight excluding hydrogens is 535 g/mol. The van der Waals surface area contributed by atoms with Gasteiger partial charge in [0.25, 0.3) is 0 Å². The SMILES string of the molecule is CCNC(=NCc1cc(OC)c(OC)c(OC)c1)NCc1cccc(OCCN(C)C)c1.I. The molecule has 9 heteroatoms. The van der Waals surface area contributed by atoms with E-state index in [-0.39, 0.29) is 24.0 Å². The number of ether oxygens (including phenoxy) is 4. The van der Waals surface area contributed by atoms with Crippen molar-refractivity contribution in [1.29, 1.82) is 0 Å². The Morgan fingerprint density at radius 2 is 1.64 bits per heavy atom. The number of nitrogens with zero attached hydrogens (tertiary/aromatic N) is 2. The van der Waals surface area contributed by atoms with Gasteiger partial charge in [-0.1, -0.05) is 12.1 Å². The maximum atomic E-state index is 5.83. The number of likely N-dealkylation sites (N-methyl/N-ethyl adjacent to an activating group) is 1. The summed E-state index contributed by atoms with van der Waals surface area (Å²) in [6, 6.07) is 11.9. The van der Waals surface area contributed by atoms with Crippen LogP contribution in [0.1, 0.15) is 18.1 Å². The Balaban J connectivity index is 0.00000544. The number of nitrogens with one attached hydrogen (secondary N) is 2. The maximum Gasteiger partial charge on any atom is 0.203 e. The van der Waals surface area contributed by atoms with Crippen molar-refractivity contribution < 1.29 is 18.9 Å². The van der Waals surface area contributed by atoms with Gasteiger partial charge in [0.2, 0.25) is 5.75 Å². The highest BCUT2D eigenvalue weighted by molar-refractivity contribution is 14.0. The lowest BCUT2D eigenvalue weighted by molar-refractivity contribution is 0.261. The Hall–Kier alpha value is -2.40. The molecule has 2 N–H and O–H groups in total. The normalized spacial score (nSPS) is 10.9. The summed E-state index contributed by atoms with van der Waals surface area (Å²) in [5.41, 5.74) is 2.07. The molecular formula is C24H37IN4O4. The Kier molecular flexibility index (Phi) is 13.4. The predicted molar refractivity (Wildman–Crippen MR) is 144 cm³/mol. The molecule has 0 aliphatic heterocycles. The second-order valence-electron chi connectivity index (χ2n) is 7.38. The summed E-state index contributed by atoms with van der Waals surface area (Å²) in [6.45, 7) is 5.42. The van der Waals surface area contributed by atoms with Gasteiger partial charge in [0.05, 0.1) is 27.9 Å². The van der Waals surface area contributed by atoms with E-state index in [0.717, 1.165) is 35.9 Å². The largest absolute Gasteiger partial charge is 0.493 e. The fraction of sp³-hybridized carbons (Fsp3) is 0.458. The third-order valence-corrected chi connectivity index (χ3v) is 4.65. The van der Waals surface area contributed by atoms with Gasteiger partial charge in [0, 0.05) is 19.6 Å². The molecule has 184 valence electrons. The van der Waals surface area contributed by atoms with Crippen molar-refractivity contribution in [2.75, 3.05) is 55.1 Å². The van der Waals surface area contributed by atoms with Crippen LogP contribution in [0.15, 0.2) is 41.4 Å². The van der Waals surface area contributed by atoms with Crippen molar-refractivity contribution in [3.05, 3.63) is 47.5 Å². The van der Waals surface area contributed by atoms with E-state index >= 15 is 0 Å². The van der Waals surface area contributed by atoms with Gasteiger partial charge in [-0.05, 0) is 56.4 Å². The molecule has 8 nitrogen and oxygen atoms in total. The highest BCUT2D eigenvalue weighted by Gasteiger charge is 2.13. The smallest absolute Gasteiger partial charge is 0.203 e. The zero-order valence-electron chi connectivity index (χ0n) is 20.4. The van der Waals surface area contributed by atoms with Crippen LogP contribution in [0.4, 0.5) is 0 Å². The lowest BCUT2D eigenvalue weighted by Gasteiger charge is -2.15. The zero-order chi connectivity index (χ0) is 23.3. The highest BCUT2D eigenvalue weighted by Crippen LogP contribution is 2.38. The van der Waals surface area contributed by atoms with Crippen molar-refractivity contribution >= 4 is 29.9 Å². The topological polar surface area (TPSA) is 76.6 Å². The van der Waals surface area contributed by atoms with E-state index < -0.39 is 0 Å². The molecule has 2 rings (SSSR count). The predicted octanol–water partition coefficient (Wildman–Crippen LogP) is 3.53. The van der Waals surface area contributed by atoms with Gasteiger partial charge < -0.3 is 34.5 Å². The van der Waals surface area contributed by atoms with E-state index in [4.69, 9.17) is 23.9 Å². The number of aliphatic imine (C=N–C) groups is 1. The number of methoxy groups -OCH3 is 3. The van der Waals surface area contributed by atoms with E-state index in [1.54, 1.807) is 21.3 Å². The van der Waals surface area contributed by atoms with Crippen LogP contribution >= 0.6 is 24.0 Å². The van der Waals surface area contributed by atoms with Crippen LogP contribution < -0.4 is 29.6 Å². The van der Waals surface area contributed by atoms with Crippen LogP contribution in [0, 0.1) is 0 Å². The second-order valence-corrected chi connectivity index (χ2v) is 7.38. The molecule has 2 aromatic carbocycles. The number of halogens is 1. The Morgan fingerprint density at radius 3 is 2.21 bits per heavy atom. The number of hydrogen-bond donors (Lipinski definition) is 2. The lowest BCUT2D eigenvalue weighted by Crippen LogP contribution is -2.36. The van der Waals surface area contributed by atoms with E-state index in [1.807, 2.05) is 51.4 Å². The van der Waals surface area contributed by atoms with E-state index in [1.165, 1.54) is 0 Å². The van der Waals surface area contributed by atoms with Crippen molar-refractivity contribution in [3.8, 4) is 23.0 Å². The van der Waals surface area contributed by atoms with E-state index in [2.05, 4.69) is 21.6 Å². The minimum absolute atomic E-state index is 0. The molecule has 0 aromatic heterocycles. The first-order valence-corrected chi connectivity index (χ1v) is 10.7. The Morgan fingerprint density at radius 1 is 0.939 bits per heavy atom. The fourth-order valence-electron chi connectivity index (χ4n) is 3.02. The minimum atomic E-state index is 0. The molecule has 0 amide bonds. The van der Waals surface area contributed by atoms with Gasteiger partial charge in [0.15, 0.2) is 17.5 Å². The molecule has 0 spiro atoms. The Labute approximate surface area is 214 Å². The van der Waals surface area contributed by atoms with Crippen LogP contribution in [-0.4, -0.2) is 66.0 Å². The minimum Gasteiger partial charge on any atom is -0.493 e. The quantitative estimate of drug-likeness (QED) is 0.229. The highest BCUT2D eigenvalue weighted by atomic mass is 127. The van der Waals surface area contributed by atoms with E-state index in [0.29, 0.717) is 36.9 Å². The van der Waals surface area contributed by atoms with Crippen LogP contribution in [0.3, 0.4) is 0 Å². The summed E-state index contributed by atoms with van der Waals surface area (Å²) in [7, 11) is 8.86. The standard InChI is InChI=1S/C24H36N4O4.HI/c1-7-25-24(26-16-18-9-8-10-20(13-18)32-12-11-28(2)3)27-17-19-14-21(29-4)23(31-6)22(15-19)30-5;/h8-10,13-15H,7,11-12,16-17H2,1-6H3,(H2,25,26,27);1H. The van der Waals surface area contributed by atoms with Gasteiger partial charge in [0.1, 0.15) is 12.4 Å². The molecule has 0 fully saturated rings. The van der Waals surface area contributed by atoms with Gasteiger partial charge in [-0.2, -0.15) is 0 Å². The molecule has 0 heterocycles. The van der Waals surface area contributed by atoms with Crippen LogP contribution in [0.25, 0.3) is 0 Å². The first-order valence-electron chi connectivity index (χ1n) is 10.7. The first-order chi connectivity index (χ1) is 15.5. The van der Waals surface area contributed by atoms with Crippen molar-refractivity contribution in [1.82, 2.24) is 15.5 Å². The van der Waals surface area contributed by atoms with Gasteiger partial charge in [-0.3, -0.25) is 0 Å². The third kappa shape index (κ3) is 9.55. The average molecular weight is 572 g/mol. The van der Waals surface area contributed by atoms with Crippen molar-refractivity contribution in [3.63, 3.8) is 0 Å². The lowest BCUT2D eigenvalue weighted by atomic mass is 10.2. The summed E-state index contributed by atoms with van der Waals surface area (Å²) in [4.78, 5) is 6.80. The molecule has 0 saturated carbocycles. The number of guanidine groups is 1. The van der Waals surface area contributed by atoms with Gasteiger partial charge in [-0.15, -0.1) is 24.0 Å². The molecule has 0 unspecified atom stereocenters. The maximum absolute atomic E-state index is 5.83. The number of rotatable bonds is 12. The molecule has 0 radical (unpaired) electrons. The average Bonchev–Trinajstić information content (AvgIpc) is 2.80. The summed E-state index contributed by atoms with van der Waals surface area (Å²) in [6.07, 6.45) is 0. The summed E-state index contributed by atoms with van der Waals surface area (Å²) >= 11 is 0. The molecule has 0 aliphatic carbocycles. The monoisotopic (exact) mass is 572 g/mol. The number of benzene rings is 2. The van der Waals surface area contributed by atoms with Crippen LogP contribution in [0.2, 0.25) is 0 Å².